The number of rotatable bonds is 2. The van der Waals surface area contributed by atoms with Gasteiger partial charge in [-0.25, -0.2) is 4.98 Å². The highest BCUT2D eigenvalue weighted by atomic mass is 16.2. The molecule has 1 saturated heterocycles. The molecule has 2 aromatic rings. The van der Waals surface area contributed by atoms with Gasteiger partial charge in [-0.15, -0.1) is 0 Å². The van der Waals surface area contributed by atoms with E-state index in [9.17, 15) is 9.59 Å². The van der Waals surface area contributed by atoms with Crippen LogP contribution in [-0.2, 0) is 4.79 Å². The fraction of sp³-hybridized carbons (Fsp3) is 0.435. The van der Waals surface area contributed by atoms with Crippen molar-refractivity contribution in [2.24, 2.45) is 0 Å². The van der Waals surface area contributed by atoms with Gasteiger partial charge in [0.1, 0.15) is 0 Å². The second-order valence-electron chi connectivity index (χ2n) is 8.45. The van der Waals surface area contributed by atoms with Crippen LogP contribution in [0.4, 0.5) is 17.2 Å². The first-order chi connectivity index (χ1) is 14.6. The highest BCUT2D eigenvalue weighted by Gasteiger charge is 2.38. The second kappa shape index (κ2) is 7.81. The Bertz CT molecular complexity index is 978. The summed E-state index contributed by atoms with van der Waals surface area (Å²) in [5.74, 6) is 0.213. The summed E-state index contributed by atoms with van der Waals surface area (Å²) in [7, 11) is 2.20. The Morgan fingerprint density at radius 2 is 1.90 bits per heavy atom. The summed E-state index contributed by atoms with van der Waals surface area (Å²) in [6.07, 6.45) is 6.47. The maximum atomic E-state index is 13.7. The Balaban J connectivity index is 1.49. The van der Waals surface area contributed by atoms with Gasteiger partial charge in [0.15, 0.2) is 5.82 Å². The Hall–Kier alpha value is -2.77. The van der Waals surface area contributed by atoms with Crippen molar-refractivity contribution in [3.8, 4) is 0 Å². The minimum atomic E-state index is -0.220. The largest absolute Gasteiger partial charge is 0.319 e. The van der Waals surface area contributed by atoms with Crippen molar-refractivity contribution in [2.45, 2.75) is 37.8 Å². The molecule has 0 radical (unpaired) electrons. The van der Waals surface area contributed by atoms with Gasteiger partial charge >= 0.3 is 0 Å². The lowest BCUT2D eigenvalue weighted by molar-refractivity contribution is -0.121. The molecular weight excluding hydrogens is 378 g/mol. The zero-order valence-corrected chi connectivity index (χ0v) is 17.3. The monoisotopic (exact) mass is 405 g/mol. The molecule has 30 heavy (non-hydrogen) atoms. The van der Waals surface area contributed by atoms with Gasteiger partial charge in [-0.3, -0.25) is 19.4 Å². The predicted octanol–water partition coefficient (Wildman–Crippen LogP) is 2.87. The van der Waals surface area contributed by atoms with Crippen LogP contribution in [0.1, 0.15) is 36.0 Å². The Morgan fingerprint density at radius 1 is 1.10 bits per heavy atom. The van der Waals surface area contributed by atoms with E-state index < -0.39 is 0 Å². The molecule has 0 unspecified atom stereocenters. The average Bonchev–Trinajstić information content (AvgIpc) is 2.90. The molecule has 0 bridgehead atoms. The topological polar surface area (TPSA) is 68.8 Å². The van der Waals surface area contributed by atoms with Gasteiger partial charge in [0.25, 0.3) is 5.91 Å². The summed E-state index contributed by atoms with van der Waals surface area (Å²) in [6, 6.07) is 11.7. The quantitative estimate of drug-likeness (QED) is 0.832. The number of benzene rings is 1. The number of nitrogens with zero attached hydrogens (tertiary/aromatic N) is 4. The Kier molecular flexibility index (Phi) is 5.00. The molecule has 5 rings (SSSR count). The average molecular weight is 406 g/mol. The van der Waals surface area contributed by atoms with Crippen LogP contribution in [0.15, 0.2) is 42.6 Å². The molecule has 156 valence electrons. The molecule has 1 saturated carbocycles. The number of hydrogen-bond donors (Lipinski definition) is 1. The third-order valence-electron chi connectivity index (χ3n) is 6.69. The van der Waals surface area contributed by atoms with Crippen molar-refractivity contribution in [1.82, 2.24) is 14.8 Å². The maximum Gasteiger partial charge on any atom is 0.257 e. The number of anilines is 3. The Labute approximate surface area is 176 Å². The predicted molar refractivity (Wildman–Crippen MR) is 116 cm³/mol. The molecule has 7 heteroatoms. The minimum absolute atomic E-state index is 0.0484. The van der Waals surface area contributed by atoms with Crippen molar-refractivity contribution < 1.29 is 9.59 Å². The molecule has 1 aliphatic carbocycles. The standard InChI is InChI=1S/C23H27N5O2/c1-26-13-14-27(20-11-5-4-10-19(20)26)15-21(29)28-18-9-3-2-7-16(18)23(30)25-17-8-6-12-24-22(17)28/h2-3,6-9,12,19-20H,4-5,10-11,13-15H2,1H3,(H,25,30)/t19-,20-/m1/s1. The zero-order chi connectivity index (χ0) is 20.7. The van der Waals surface area contributed by atoms with Crippen LogP contribution in [0.5, 0.6) is 0 Å². The lowest BCUT2D eigenvalue weighted by Gasteiger charge is -2.48. The van der Waals surface area contributed by atoms with E-state index in [1.807, 2.05) is 18.2 Å². The van der Waals surface area contributed by atoms with Crippen LogP contribution < -0.4 is 10.2 Å². The van der Waals surface area contributed by atoms with Gasteiger partial charge < -0.3 is 10.2 Å². The highest BCUT2D eigenvalue weighted by Crippen LogP contribution is 2.37. The van der Waals surface area contributed by atoms with Gasteiger partial charge in [0, 0.05) is 31.4 Å². The molecule has 3 heterocycles. The number of carbonyl (C=O) groups is 2. The van der Waals surface area contributed by atoms with Crippen LogP contribution in [-0.4, -0.2) is 65.4 Å². The molecule has 1 aromatic carbocycles. The summed E-state index contributed by atoms with van der Waals surface area (Å²) in [5, 5.41) is 2.90. The first-order valence-electron chi connectivity index (χ1n) is 10.8. The first-order valence-corrected chi connectivity index (χ1v) is 10.8. The number of hydrogen-bond acceptors (Lipinski definition) is 5. The van der Waals surface area contributed by atoms with Crippen molar-refractivity contribution in [1.29, 1.82) is 0 Å². The van der Waals surface area contributed by atoms with Gasteiger partial charge in [-0.1, -0.05) is 25.0 Å². The van der Waals surface area contributed by atoms with E-state index in [0.29, 0.717) is 41.4 Å². The van der Waals surface area contributed by atoms with E-state index in [-0.39, 0.29) is 11.8 Å². The normalized spacial score (nSPS) is 24.3. The van der Waals surface area contributed by atoms with Crippen LogP contribution in [0.25, 0.3) is 0 Å². The number of pyridine rings is 1. The summed E-state index contributed by atoms with van der Waals surface area (Å²) >= 11 is 0. The Morgan fingerprint density at radius 3 is 2.77 bits per heavy atom. The molecule has 2 fully saturated rings. The first kappa shape index (κ1) is 19.2. The summed E-state index contributed by atoms with van der Waals surface area (Å²) in [6.45, 7) is 2.18. The second-order valence-corrected chi connectivity index (χ2v) is 8.45. The van der Waals surface area contributed by atoms with E-state index in [0.717, 1.165) is 19.5 Å². The summed E-state index contributed by atoms with van der Waals surface area (Å²) in [4.78, 5) is 37.3. The number of aromatic nitrogens is 1. The number of amides is 2. The molecule has 2 atom stereocenters. The molecule has 1 N–H and O–H groups in total. The molecule has 1 aromatic heterocycles. The number of carbonyl (C=O) groups excluding carboxylic acids is 2. The number of fused-ring (bicyclic) bond motifs is 3. The molecule has 3 aliphatic rings. The van der Waals surface area contributed by atoms with Crippen molar-refractivity contribution in [3.05, 3.63) is 48.2 Å². The molecule has 2 amide bonds. The van der Waals surface area contributed by atoms with Gasteiger partial charge in [0.05, 0.1) is 23.5 Å². The smallest absolute Gasteiger partial charge is 0.257 e. The number of para-hydroxylation sites is 1. The number of likely N-dealkylation sites (N-methyl/N-ethyl adjacent to an activating group) is 1. The SMILES string of the molecule is CN1CCN(CC(=O)N2c3ccccc3C(=O)Nc3cccnc32)[C@@H]2CCCC[C@H]21. The zero-order valence-electron chi connectivity index (χ0n) is 17.3. The van der Waals surface area contributed by atoms with Gasteiger partial charge in [-0.05, 0) is 44.2 Å². The molecule has 0 spiro atoms. The number of piperazine rings is 1. The van der Waals surface area contributed by atoms with E-state index in [2.05, 4.69) is 27.1 Å². The van der Waals surface area contributed by atoms with Crippen LogP contribution in [0, 0.1) is 0 Å². The third-order valence-corrected chi connectivity index (χ3v) is 6.69. The molecule has 7 nitrogen and oxygen atoms in total. The molecular formula is C23H27N5O2. The van der Waals surface area contributed by atoms with E-state index in [4.69, 9.17) is 0 Å². The lowest BCUT2D eigenvalue weighted by atomic mass is 9.86. The summed E-state index contributed by atoms with van der Waals surface area (Å²) in [5.41, 5.74) is 1.63. The van der Waals surface area contributed by atoms with E-state index in [1.165, 1.54) is 19.3 Å². The van der Waals surface area contributed by atoms with Crippen molar-refractivity contribution >= 4 is 29.0 Å². The third kappa shape index (κ3) is 3.28. The minimum Gasteiger partial charge on any atom is -0.319 e. The van der Waals surface area contributed by atoms with Crippen molar-refractivity contribution in [3.63, 3.8) is 0 Å². The van der Waals surface area contributed by atoms with Crippen LogP contribution >= 0.6 is 0 Å². The fourth-order valence-corrected chi connectivity index (χ4v) is 5.18. The van der Waals surface area contributed by atoms with E-state index in [1.54, 1.807) is 29.3 Å². The summed E-state index contributed by atoms with van der Waals surface area (Å²) < 4.78 is 0. The maximum absolute atomic E-state index is 13.7. The highest BCUT2D eigenvalue weighted by molar-refractivity contribution is 6.17. The van der Waals surface area contributed by atoms with Crippen LogP contribution in [0.3, 0.4) is 0 Å². The van der Waals surface area contributed by atoms with Crippen LogP contribution in [0.2, 0.25) is 0 Å². The van der Waals surface area contributed by atoms with Gasteiger partial charge in [0.2, 0.25) is 5.91 Å². The van der Waals surface area contributed by atoms with E-state index >= 15 is 0 Å². The van der Waals surface area contributed by atoms with Crippen molar-refractivity contribution in [2.75, 3.05) is 36.9 Å². The van der Waals surface area contributed by atoms with Gasteiger partial charge in [-0.2, -0.15) is 0 Å². The fourth-order valence-electron chi connectivity index (χ4n) is 5.18. The number of nitrogens with one attached hydrogen (secondary N) is 1. The lowest BCUT2D eigenvalue weighted by Crippen LogP contribution is -2.60. The molecule has 2 aliphatic heterocycles.